The summed E-state index contributed by atoms with van der Waals surface area (Å²) in [5.74, 6) is -1.20. The lowest BCUT2D eigenvalue weighted by Gasteiger charge is -2.20. The molecule has 0 aromatic heterocycles. The summed E-state index contributed by atoms with van der Waals surface area (Å²) in [4.78, 5) is 34.2. The first-order chi connectivity index (χ1) is 11.1. The lowest BCUT2D eigenvalue weighted by Crippen LogP contribution is -2.39. The van der Waals surface area contributed by atoms with Crippen LogP contribution in [-0.2, 0) is 9.59 Å². The first-order valence-electron chi connectivity index (χ1n) is 7.69. The summed E-state index contributed by atoms with van der Waals surface area (Å²) >= 11 is 0. The highest BCUT2D eigenvalue weighted by molar-refractivity contribution is 5.93. The van der Waals surface area contributed by atoms with Crippen molar-refractivity contribution >= 4 is 23.4 Å². The zero-order chi connectivity index (χ0) is 18.3. The molecule has 1 radical (unpaired) electrons. The highest BCUT2D eigenvalue weighted by Gasteiger charge is 2.25. The standard InChI is InChI=1S/C17H25N4O3/c1-11(21-14(22)7-8-17(2,3)16(19)24)10-20-13-6-4-5-12(9-13)15(18)23/h4-7,9,11,20H,8,10H2,1-3H3,(H2,18,23)(H2,19,24)(H,21,22)/t11-/m0/s1. The topological polar surface area (TPSA) is 127 Å². The van der Waals surface area contributed by atoms with Gasteiger partial charge in [-0.3, -0.25) is 14.4 Å². The zero-order valence-corrected chi connectivity index (χ0v) is 14.3. The summed E-state index contributed by atoms with van der Waals surface area (Å²) in [7, 11) is 0. The second-order valence-corrected chi connectivity index (χ2v) is 6.39. The molecule has 1 aromatic rings. The van der Waals surface area contributed by atoms with Crippen molar-refractivity contribution in [3.05, 3.63) is 36.2 Å². The van der Waals surface area contributed by atoms with Crippen molar-refractivity contribution in [2.75, 3.05) is 11.9 Å². The number of primary amides is 2. The van der Waals surface area contributed by atoms with Crippen molar-refractivity contribution in [3.8, 4) is 0 Å². The Balaban J connectivity index is 2.42. The van der Waals surface area contributed by atoms with E-state index in [9.17, 15) is 14.4 Å². The quantitative estimate of drug-likeness (QED) is 0.533. The number of rotatable bonds is 9. The van der Waals surface area contributed by atoms with Gasteiger partial charge in [-0.05, 0) is 31.5 Å². The molecule has 6 N–H and O–H groups in total. The molecule has 1 rings (SSSR count). The molecule has 3 amide bonds. The third-order valence-corrected chi connectivity index (χ3v) is 3.61. The van der Waals surface area contributed by atoms with E-state index in [0.717, 1.165) is 5.69 Å². The van der Waals surface area contributed by atoms with Crippen LogP contribution in [0.4, 0.5) is 5.69 Å². The average Bonchev–Trinajstić information content (AvgIpc) is 2.51. The molecular formula is C17H25N4O3. The van der Waals surface area contributed by atoms with Crippen molar-refractivity contribution in [1.29, 1.82) is 0 Å². The molecule has 0 fully saturated rings. The molecule has 1 aromatic carbocycles. The number of anilines is 1. The minimum Gasteiger partial charge on any atom is -0.383 e. The molecule has 0 aliphatic carbocycles. The molecule has 0 saturated carbocycles. The van der Waals surface area contributed by atoms with Gasteiger partial charge in [-0.15, -0.1) is 0 Å². The molecule has 7 heteroatoms. The Kier molecular flexibility index (Phi) is 6.76. The average molecular weight is 333 g/mol. The van der Waals surface area contributed by atoms with E-state index in [0.29, 0.717) is 12.1 Å². The van der Waals surface area contributed by atoms with E-state index < -0.39 is 17.2 Å². The van der Waals surface area contributed by atoms with Crippen molar-refractivity contribution < 1.29 is 14.4 Å². The van der Waals surface area contributed by atoms with Crippen LogP contribution in [0.25, 0.3) is 0 Å². The zero-order valence-electron chi connectivity index (χ0n) is 14.3. The van der Waals surface area contributed by atoms with Crippen LogP contribution < -0.4 is 22.1 Å². The van der Waals surface area contributed by atoms with E-state index in [1.54, 1.807) is 32.0 Å². The van der Waals surface area contributed by atoms with Gasteiger partial charge in [-0.2, -0.15) is 0 Å². The molecule has 0 heterocycles. The fraction of sp³-hybridized carbons (Fsp3) is 0.412. The molecule has 24 heavy (non-hydrogen) atoms. The van der Waals surface area contributed by atoms with E-state index in [4.69, 9.17) is 11.5 Å². The van der Waals surface area contributed by atoms with Crippen LogP contribution in [0.5, 0.6) is 0 Å². The van der Waals surface area contributed by atoms with Crippen LogP contribution in [0.2, 0.25) is 0 Å². The maximum absolute atomic E-state index is 11.9. The predicted molar refractivity (Wildman–Crippen MR) is 92.9 cm³/mol. The van der Waals surface area contributed by atoms with Crippen molar-refractivity contribution in [1.82, 2.24) is 5.32 Å². The second kappa shape index (κ2) is 8.33. The minimum atomic E-state index is -0.756. The van der Waals surface area contributed by atoms with Gasteiger partial charge in [-0.25, -0.2) is 0 Å². The number of hydrogen-bond acceptors (Lipinski definition) is 4. The van der Waals surface area contributed by atoms with Crippen LogP contribution in [0.3, 0.4) is 0 Å². The molecule has 0 aliphatic rings. The van der Waals surface area contributed by atoms with Gasteiger partial charge in [0.2, 0.25) is 17.7 Å². The molecule has 0 unspecified atom stereocenters. The third-order valence-electron chi connectivity index (χ3n) is 3.61. The SMILES string of the molecule is C[C@@H](CNc1cccc(C(N)=O)c1)NC(=O)[CH]CC(C)(C)C(N)=O. The van der Waals surface area contributed by atoms with Gasteiger partial charge in [0, 0.05) is 29.3 Å². The van der Waals surface area contributed by atoms with Gasteiger partial charge in [0.15, 0.2) is 0 Å². The molecule has 0 bridgehead atoms. The summed E-state index contributed by atoms with van der Waals surface area (Å²) in [6.45, 7) is 5.70. The number of amides is 3. The highest BCUT2D eigenvalue weighted by Crippen LogP contribution is 2.20. The van der Waals surface area contributed by atoms with Crippen molar-refractivity contribution in [2.45, 2.75) is 33.2 Å². The number of benzene rings is 1. The molecular weight excluding hydrogens is 308 g/mol. The summed E-state index contributed by atoms with van der Waals surface area (Å²) in [6.07, 6.45) is 1.70. The van der Waals surface area contributed by atoms with E-state index >= 15 is 0 Å². The van der Waals surface area contributed by atoms with E-state index in [-0.39, 0.29) is 18.4 Å². The Morgan fingerprint density at radius 2 is 1.92 bits per heavy atom. The number of nitrogens with two attached hydrogens (primary N) is 2. The van der Waals surface area contributed by atoms with Crippen LogP contribution in [0, 0.1) is 11.8 Å². The van der Waals surface area contributed by atoms with Gasteiger partial charge >= 0.3 is 0 Å². The Hall–Kier alpha value is -2.57. The Labute approximate surface area is 142 Å². The van der Waals surface area contributed by atoms with Gasteiger partial charge in [0.1, 0.15) is 0 Å². The number of carbonyl (C=O) groups is 3. The van der Waals surface area contributed by atoms with Crippen LogP contribution in [0.15, 0.2) is 24.3 Å². The van der Waals surface area contributed by atoms with Gasteiger partial charge in [0.05, 0.1) is 6.42 Å². The first-order valence-corrected chi connectivity index (χ1v) is 7.69. The summed E-state index contributed by atoms with van der Waals surface area (Å²) < 4.78 is 0. The largest absolute Gasteiger partial charge is 0.383 e. The maximum atomic E-state index is 11.9. The van der Waals surface area contributed by atoms with Crippen molar-refractivity contribution in [2.24, 2.45) is 16.9 Å². The molecule has 0 aliphatic heterocycles. The molecule has 0 saturated heterocycles. The lowest BCUT2D eigenvalue weighted by molar-refractivity contribution is -0.126. The Morgan fingerprint density at radius 3 is 2.50 bits per heavy atom. The smallest absolute Gasteiger partial charge is 0.248 e. The first kappa shape index (κ1) is 19.5. The summed E-state index contributed by atoms with van der Waals surface area (Å²) in [6, 6.07) is 6.67. The van der Waals surface area contributed by atoms with E-state index in [1.165, 1.54) is 6.42 Å². The Bertz CT molecular complexity index is 614. The number of carbonyl (C=O) groups excluding carboxylic acids is 3. The van der Waals surface area contributed by atoms with Crippen LogP contribution in [0.1, 0.15) is 37.6 Å². The Morgan fingerprint density at radius 1 is 1.25 bits per heavy atom. The summed E-state index contributed by atoms with van der Waals surface area (Å²) in [5.41, 5.74) is 10.9. The fourth-order valence-electron chi connectivity index (χ4n) is 1.85. The minimum absolute atomic E-state index is 0.150. The monoisotopic (exact) mass is 333 g/mol. The van der Waals surface area contributed by atoms with Crippen LogP contribution in [-0.4, -0.2) is 30.3 Å². The second-order valence-electron chi connectivity index (χ2n) is 6.39. The van der Waals surface area contributed by atoms with E-state index in [2.05, 4.69) is 10.6 Å². The van der Waals surface area contributed by atoms with E-state index in [1.807, 2.05) is 13.0 Å². The number of nitrogens with one attached hydrogen (secondary N) is 2. The maximum Gasteiger partial charge on any atom is 0.248 e. The molecule has 131 valence electrons. The van der Waals surface area contributed by atoms with Gasteiger partial charge in [0.25, 0.3) is 0 Å². The highest BCUT2D eigenvalue weighted by atomic mass is 16.2. The normalized spacial score (nSPS) is 12.3. The lowest BCUT2D eigenvalue weighted by atomic mass is 9.87. The summed E-state index contributed by atoms with van der Waals surface area (Å²) in [5, 5.41) is 5.92. The number of hydrogen-bond donors (Lipinski definition) is 4. The molecule has 1 atom stereocenters. The van der Waals surface area contributed by atoms with Gasteiger partial charge < -0.3 is 22.1 Å². The third kappa shape index (κ3) is 6.28. The predicted octanol–water partition coefficient (Wildman–Crippen LogP) is 0.808. The van der Waals surface area contributed by atoms with Gasteiger partial charge in [-0.1, -0.05) is 19.9 Å². The molecule has 7 nitrogen and oxygen atoms in total. The molecule has 0 spiro atoms. The fourth-order valence-corrected chi connectivity index (χ4v) is 1.85. The van der Waals surface area contributed by atoms with Crippen LogP contribution >= 0.6 is 0 Å². The van der Waals surface area contributed by atoms with Crippen molar-refractivity contribution in [3.63, 3.8) is 0 Å².